The van der Waals surface area contributed by atoms with Crippen molar-refractivity contribution in [1.82, 2.24) is 14.5 Å². The summed E-state index contributed by atoms with van der Waals surface area (Å²) in [6, 6.07) is -0.376. The lowest BCUT2D eigenvalue weighted by molar-refractivity contribution is -0.146. The van der Waals surface area contributed by atoms with Crippen molar-refractivity contribution in [3.05, 3.63) is 0 Å². The van der Waals surface area contributed by atoms with Gasteiger partial charge in [-0.25, -0.2) is 12.7 Å². The molecule has 0 aromatic rings. The number of likely N-dealkylation sites (N-methyl/N-ethyl adjacent to an activating group) is 1. The van der Waals surface area contributed by atoms with Gasteiger partial charge in [-0.3, -0.25) is 9.59 Å². The molecule has 0 bridgehead atoms. The fourth-order valence-electron chi connectivity index (χ4n) is 3.30. The first-order valence-corrected chi connectivity index (χ1v) is 9.66. The van der Waals surface area contributed by atoms with Gasteiger partial charge in [-0.1, -0.05) is 0 Å². The van der Waals surface area contributed by atoms with Crippen molar-refractivity contribution in [2.24, 2.45) is 5.92 Å². The van der Waals surface area contributed by atoms with Crippen LogP contribution in [-0.4, -0.2) is 68.4 Å². The molecule has 2 aliphatic heterocycles. The number of hydrogen-bond donors (Lipinski definition) is 1. The smallest absolute Gasteiger partial charge is 0.242 e. The molecule has 22 heavy (non-hydrogen) atoms. The van der Waals surface area contributed by atoms with Gasteiger partial charge < -0.3 is 10.2 Å². The van der Waals surface area contributed by atoms with Crippen LogP contribution < -0.4 is 5.32 Å². The van der Waals surface area contributed by atoms with E-state index < -0.39 is 10.0 Å². The molecule has 126 valence electrons. The van der Waals surface area contributed by atoms with Crippen LogP contribution in [0.15, 0.2) is 0 Å². The van der Waals surface area contributed by atoms with Crippen LogP contribution in [0.4, 0.5) is 0 Å². The van der Waals surface area contributed by atoms with Crippen molar-refractivity contribution < 1.29 is 18.0 Å². The molecule has 7 nitrogen and oxygen atoms in total. The van der Waals surface area contributed by atoms with Crippen molar-refractivity contribution >= 4 is 21.8 Å². The van der Waals surface area contributed by atoms with Crippen molar-refractivity contribution in [3.63, 3.8) is 0 Å². The number of nitrogens with zero attached hydrogens (tertiary/aromatic N) is 2. The summed E-state index contributed by atoms with van der Waals surface area (Å²) in [5.74, 6) is -0.286. The van der Waals surface area contributed by atoms with Crippen LogP contribution in [0, 0.1) is 5.92 Å². The Morgan fingerprint density at radius 2 is 1.68 bits per heavy atom. The highest BCUT2D eigenvalue weighted by atomic mass is 32.2. The molecule has 0 saturated carbocycles. The largest absolute Gasteiger partial charge is 0.357 e. The molecule has 2 saturated heterocycles. The summed E-state index contributed by atoms with van der Waals surface area (Å²) in [5.41, 5.74) is 0. The maximum atomic E-state index is 12.7. The molecule has 0 aromatic carbocycles. The molecule has 1 N–H and O–H groups in total. The monoisotopic (exact) mass is 331 g/mol. The Labute approximate surface area is 132 Å². The number of rotatable bonds is 3. The summed E-state index contributed by atoms with van der Waals surface area (Å²) < 4.78 is 24.5. The molecular weight excluding hydrogens is 306 g/mol. The Bertz CT molecular complexity index is 526. The second kappa shape index (κ2) is 6.95. The first kappa shape index (κ1) is 17.2. The minimum absolute atomic E-state index is 0.00134. The van der Waals surface area contributed by atoms with E-state index in [2.05, 4.69) is 5.32 Å². The zero-order valence-corrected chi connectivity index (χ0v) is 14.1. The van der Waals surface area contributed by atoms with Gasteiger partial charge in [0.15, 0.2) is 0 Å². The van der Waals surface area contributed by atoms with Gasteiger partial charge in [0.25, 0.3) is 0 Å². The molecule has 2 heterocycles. The molecule has 2 fully saturated rings. The Morgan fingerprint density at radius 3 is 2.23 bits per heavy atom. The van der Waals surface area contributed by atoms with E-state index in [0.717, 1.165) is 12.8 Å². The maximum absolute atomic E-state index is 12.7. The molecule has 0 radical (unpaired) electrons. The maximum Gasteiger partial charge on any atom is 0.242 e. The summed E-state index contributed by atoms with van der Waals surface area (Å²) in [6.07, 6.45) is 4.83. The zero-order valence-electron chi connectivity index (χ0n) is 13.2. The Balaban J connectivity index is 2.00. The lowest BCUT2D eigenvalue weighted by Crippen LogP contribution is -2.54. The van der Waals surface area contributed by atoms with Gasteiger partial charge in [0.1, 0.15) is 6.04 Å². The summed E-state index contributed by atoms with van der Waals surface area (Å²) in [5, 5.41) is 2.63. The number of hydrogen-bond acceptors (Lipinski definition) is 4. The normalized spacial score (nSPS) is 25.0. The van der Waals surface area contributed by atoms with Crippen molar-refractivity contribution in [2.75, 3.05) is 32.9 Å². The third kappa shape index (κ3) is 3.78. The molecule has 2 amide bonds. The Hall–Kier alpha value is -1.15. The van der Waals surface area contributed by atoms with E-state index in [1.54, 1.807) is 11.9 Å². The van der Waals surface area contributed by atoms with E-state index in [0.29, 0.717) is 38.9 Å². The number of nitrogens with one attached hydrogen (secondary N) is 1. The zero-order chi connectivity index (χ0) is 16.3. The van der Waals surface area contributed by atoms with E-state index in [9.17, 15) is 18.0 Å². The van der Waals surface area contributed by atoms with Gasteiger partial charge in [-0.15, -0.1) is 0 Å². The fourth-order valence-corrected chi connectivity index (χ4v) is 4.18. The van der Waals surface area contributed by atoms with Gasteiger partial charge in [0.2, 0.25) is 21.8 Å². The lowest BCUT2D eigenvalue weighted by atomic mass is 9.93. The Morgan fingerprint density at radius 1 is 1.05 bits per heavy atom. The first-order chi connectivity index (χ1) is 10.3. The summed E-state index contributed by atoms with van der Waals surface area (Å²) in [4.78, 5) is 26.4. The topological polar surface area (TPSA) is 86.8 Å². The van der Waals surface area contributed by atoms with Gasteiger partial charge in [-0.05, 0) is 32.1 Å². The number of sulfonamides is 1. The predicted octanol–water partition coefficient (Wildman–Crippen LogP) is -0.215. The quantitative estimate of drug-likeness (QED) is 0.775. The van der Waals surface area contributed by atoms with Gasteiger partial charge in [-0.2, -0.15) is 0 Å². The second-order valence-electron chi connectivity index (χ2n) is 6.09. The number of piperidine rings is 2. The molecule has 0 unspecified atom stereocenters. The molecular formula is C14H25N3O4S. The highest BCUT2D eigenvalue weighted by Crippen LogP contribution is 2.25. The van der Waals surface area contributed by atoms with Crippen LogP contribution in [0.5, 0.6) is 0 Å². The minimum atomic E-state index is -3.18. The Kier molecular flexibility index (Phi) is 5.44. The van der Waals surface area contributed by atoms with E-state index >= 15 is 0 Å². The number of amides is 2. The average Bonchev–Trinajstić information content (AvgIpc) is 2.52. The molecule has 2 rings (SSSR count). The first-order valence-electron chi connectivity index (χ1n) is 7.81. The molecule has 0 spiro atoms. The van der Waals surface area contributed by atoms with E-state index in [-0.39, 0.29) is 23.8 Å². The molecule has 8 heteroatoms. The fraction of sp³-hybridized carbons (Fsp3) is 0.857. The van der Waals surface area contributed by atoms with Crippen LogP contribution in [-0.2, 0) is 19.6 Å². The second-order valence-corrected chi connectivity index (χ2v) is 8.08. The van der Waals surface area contributed by atoms with Crippen LogP contribution >= 0.6 is 0 Å². The van der Waals surface area contributed by atoms with Crippen molar-refractivity contribution in [1.29, 1.82) is 0 Å². The SMILES string of the molecule is CNC(=O)[C@@H]1CCCCN1C(=O)C1CCN(S(C)(=O)=O)CC1. The number of carbonyl (C=O) groups is 2. The average molecular weight is 331 g/mol. The highest BCUT2D eigenvalue weighted by molar-refractivity contribution is 7.88. The lowest BCUT2D eigenvalue weighted by Gasteiger charge is -2.38. The highest BCUT2D eigenvalue weighted by Gasteiger charge is 2.37. The predicted molar refractivity (Wildman–Crippen MR) is 82.6 cm³/mol. The van der Waals surface area contributed by atoms with Crippen molar-refractivity contribution in [2.45, 2.75) is 38.1 Å². The standard InChI is InChI=1S/C14H25N3O4S/c1-15-13(18)12-5-3-4-8-17(12)14(19)11-6-9-16(10-7-11)22(2,20)21/h11-12H,3-10H2,1-2H3,(H,15,18)/t12-/m0/s1. The van der Waals surface area contributed by atoms with Crippen LogP contribution in [0.1, 0.15) is 32.1 Å². The van der Waals surface area contributed by atoms with E-state index in [1.807, 2.05) is 0 Å². The molecule has 0 aromatic heterocycles. The van der Waals surface area contributed by atoms with Gasteiger partial charge >= 0.3 is 0 Å². The van der Waals surface area contributed by atoms with Gasteiger partial charge in [0.05, 0.1) is 6.26 Å². The van der Waals surface area contributed by atoms with Crippen molar-refractivity contribution in [3.8, 4) is 0 Å². The molecule has 2 aliphatic rings. The minimum Gasteiger partial charge on any atom is -0.357 e. The van der Waals surface area contributed by atoms with Crippen LogP contribution in [0.25, 0.3) is 0 Å². The van der Waals surface area contributed by atoms with E-state index in [4.69, 9.17) is 0 Å². The summed E-state index contributed by atoms with van der Waals surface area (Å²) >= 11 is 0. The van der Waals surface area contributed by atoms with Crippen LogP contribution in [0.3, 0.4) is 0 Å². The number of likely N-dealkylation sites (tertiary alicyclic amines) is 1. The van der Waals surface area contributed by atoms with Gasteiger partial charge in [0, 0.05) is 32.6 Å². The summed E-state index contributed by atoms with van der Waals surface area (Å²) in [6.45, 7) is 1.38. The molecule has 1 atom stereocenters. The summed E-state index contributed by atoms with van der Waals surface area (Å²) in [7, 11) is -1.60. The third-order valence-electron chi connectivity index (χ3n) is 4.61. The molecule has 0 aliphatic carbocycles. The van der Waals surface area contributed by atoms with E-state index in [1.165, 1.54) is 10.6 Å². The number of carbonyl (C=O) groups excluding carboxylic acids is 2. The third-order valence-corrected chi connectivity index (χ3v) is 5.91. The van der Waals surface area contributed by atoms with Crippen LogP contribution in [0.2, 0.25) is 0 Å².